The van der Waals surface area contributed by atoms with Gasteiger partial charge in [0.25, 0.3) is 5.56 Å². The molecule has 0 fully saturated rings. The summed E-state index contributed by atoms with van der Waals surface area (Å²) >= 11 is 5.88. The number of alkyl halides is 3. The van der Waals surface area contributed by atoms with E-state index in [1.165, 1.54) is 6.92 Å². The number of anilines is 1. The Morgan fingerprint density at radius 3 is 2.64 bits per heavy atom. The lowest BCUT2D eigenvalue weighted by molar-refractivity contribution is -0.152. The van der Waals surface area contributed by atoms with Gasteiger partial charge in [-0.1, -0.05) is 23.7 Å². The van der Waals surface area contributed by atoms with Crippen molar-refractivity contribution in [2.45, 2.75) is 38.5 Å². The molecule has 1 aliphatic rings. The number of benzene rings is 1. The maximum Gasteiger partial charge on any atom is 0.449 e. The predicted molar refractivity (Wildman–Crippen MR) is 96.3 cm³/mol. The second-order valence-corrected chi connectivity index (χ2v) is 6.67. The Balaban J connectivity index is 2.02. The largest absolute Gasteiger partial charge is 0.465 e. The summed E-state index contributed by atoms with van der Waals surface area (Å²) in [4.78, 5) is 28.2. The van der Waals surface area contributed by atoms with Crippen molar-refractivity contribution in [3.63, 3.8) is 0 Å². The van der Waals surface area contributed by atoms with Gasteiger partial charge in [-0.05, 0) is 37.5 Å². The zero-order chi connectivity index (χ0) is 20.5. The van der Waals surface area contributed by atoms with Crippen LogP contribution >= 0.6 is 11.6 Å². The van der Waals surface area contributed by atoms with E-state index in [0.717, 1.165) is 5.56 Å². The second-order valence-electron chi connectivity index (χ2n) is 6.24. The number of rotatable bonds is 4. The number of fused-ring (bicyclic) bond motifs is 1. The first-order valence-electron chi connectivity index (χ1n) is 8.59. The third-order valence-corrected chi connectivity index (χ3v) is 4.60. The number of hydrogen-bond donors (Lipinski definition) is 1. The molecule has 0 aliphatic carbocycles. The molecule has 0 spiro atoms. The number of carbonyl (C=O) groups is 1. The van der Waals surface area contributed by atoms with Gasteiger partial charge in [-0.3, -0.25) is 14.2 Å². The van der Waals surface area contributed by atoms with Crippen LogP contribution in [0.15, 0.2) is 29.1 Å². The molecule has 1 aromatic carbocycles. The first kappa shape index (κ1) is 20.2. The highest BCUT2D eigenvalue weighted by Gasteiger charge is 2.39. The summed E-state index contributed by atoms with van der Waals surface area (Å²) in [5.74, 6) is -2.35. The molecule has 2 heterocycles. The molecule has 1 atom stereocenters. The summed E-state index contributed by atoms with van der Waals surface area (Å²) in [6.07, 6.45) is -4.23. The van der Waals surface area contributed by atoms with Crippen molar-refractivity contribution >= 4 is 23.3 Å². The number of carbonyl (C=O) groups excluding carboxylic acids is 1. The number of ether oxygens (including phenoxy) is 1. The van der Waals surface area contributed by atoms with E-state index in [0.29, 0.717) is 16.0 Å². The van der Waals surface area contributed by atoms with Gasteiger partial charge in [0.2, 0.25) is 5.82 Å². The van der Waals surface area contributed by atoms with E-state index in [-0.39, 0.29) is 30.5 Å². The Morgan fingerprint density at radius 2 is 2.04 bits per heavy atom. The molecule has 6 nitrogen and oxygen atoms in total. The molecule has 0 unspecified atom stereocenters. The number of nitrogens with zero attached hydrogens (tertiary/aromatic N) is 2. The number of hydrogen-bond acceptors (Lipinski definition) is 5. The van der Waals surface area contributed by atoms with E-state index in [2.05, 4.69) is 15.0 Å². The molecular weight excluding hydrogens is 399 g/mol. The van der Waals surface area contributed by atoms with Crippen LogP contribution in [0.4, 0.5) is 18.9 Å². The van der Waals surface area contributed by atoms with Crippen LogP contribution in [0.5, 0.6) is 0 Å². The molecular formula is C18H17ClF3N3O3. The van der Waals surface area contributed by atoms with Crippen LogP contribution in [-0.4, -0.2) is 22.1 Å². The fourth-order valence-corrected chi connectivity index (χ4v) is 3.22. The number of halogens is 4. The molecule has 0 saturated heterocycles. The third-order valence-electron chi connectivity index (χ3n) is 4.35. The molecule has 0 amide bonds. The summed E-state index contributed by atoms with van der Waals surface area (Å²) in [5, 5.41) is 3.52. The molecule has 2 aromatic rings. The molecule has 0 saturated carbocycles. The van der Waals surface area contributed by atoms with Crippen LogP contribution in [0, 0.1) is 0 Å². The van der Waals surface area contributed by atoms with Crippen LogP contribution in [0.25, 0.3) is 0 Å². The van der Waals surface area contributed by atoms with Crippen molar-refractivity contribution in [3.05, 3.63) is 56.7 Å². The van der Waals surface area contributed by atoms with E-state index in [9.17, 15) is 22.8 Å². The molecule has 28 heavy (non-hydrogen) atoms. The number of aryl methyl sites for hydroxylation is 1. The van der Waals surface area contributed by atoms with Crippen LogP contribution in [0.1, 0.15) is 36.5 Å². The van der Waals surface area contributed by atoms with E-state index >= 15 is 0 Å². The minimum atomic E-state index is -4.88. The highest BCUT2D eigenvalue weighted by molar-refractivity contribution is 6.30. The zero-order valence-corrected chi connectivity index (χ0v) is 15.6. The van der Waals surface area contributed by atoms with Gasteiger partial charge in [0, 0.05) is 5.02 Å². The van der Waals surface area contributed by atoms with Crippen LogP contribution < -0.4 is 10.9 Å². The van der Waals surface area contributed by atoms with Gasteiger partial charge in [0.15, 0.2) is 0 Å². The maximum atomic E-state index is 13.4. The van der Waals surface area contributed by atoms with E-state index in [1.807, 2.05) is 0 Å². The lowest BCUT2D eigenvalue weighted by Crippen LogP contribution is -2.37. The third kappa shape index (κ3) is 4.14. The maximum absolute atomic E-state index is 13.4. The van der Waals surface area contributed by atoms with Gasteiger partial charge in [-0.2, -0.15) is 13.2 Å². The highest BCUT2D eigenvalue weighted by atomic mass is 35.5. The smallest absolute Gasteiger partial charge is 0.449 e. The molecule has 1 aromatic heterocycles. The van der Waals surface area contributed by atoms with Crippen molar-refractivity contribution in [1.82, 2.24) is 9.55 Å². The topological polar surface area (TPSA) is 73.2 Å². The number of aromatic nitrogens is 2. The molecule has 0 radical (unpaired) electrons. The average Bonchev–Trinajstić information content (AvgIpc) is 2.63. The number of nitrogens with one attached hydrogen (secondary N) is 1. The monoisotopic (exact) mass is 415 g/mol. The Morgan fingerprint density at radius 1 is 1.36 bits per heavy atom. The van der Waals surface area contributed by atoms with Crippen molar-refractivity contribution in [2.75, 3.05) is 11.9 Å². The van der Waals surface area contributed by atoms with Gasteiger partial charge in [-0.15, -0.1) is 0 Å². The Labute approximate surface area is 163 Å². The normalized spacial score (nSPS) is 16.2. The Bertz CT molecular complexity index is 942. The fourth-order valence-electron chi connectivity index (χ4n) is 3.10. The first-order valence-corrected chi connectivity index (χ1v) is 8.97. The van der Waals surface area contributed by atoms with Crippen LogP contribution in [0.3, 0.4) is 0 Å². The standard InChI is InChI=1S/C18H17ClF3N3O3/c1-2-28-14(26)9-25-16(27)15-13(24-17(25)18(20,21)22)8-7-12(23-15)10-3-5-11(19)6-4-10/h3-6,12,23H,2,7-9H2,1H3/t12-/m0/s1. The van der Waals surface area contributed by atoms with Gasteiger partial charge in [-0.25, -0.2) is 4.98 Å². The van der Waals surface area contributed by atoms with Gasteiger partial charge < -0.3 is 10.1 Å². The summed E-state index contributed by atoms with van der Waals surface area (Å²) in [6, 6.07) is 6.65. The van der Waals surface area contributed by atoms with Gasteiger partial charge in [0.05, 0.1) is 18.3 Å². The van der Waals surface area contributed by atoms with E-state index in [1.54, 1.807) is 24.3 Å². The summed E-state index contributed by atoms with van der Waals surface area (Å²) in [6.45, 7) is 0.647. The summed E-state index contributed by atoms with van der Waals surface area (Å²) in [5.41, 5.74) is -0.124. The molecule has 0 bridgehead atoms. The highest BCUT2D eigenvalue weighted by Crippen LogP contribution is 2.33. The van der Waals surface area contributed by atoms with E-state index in [4.69, 9.17) is 11.6 Å². The minimum Gasteiger partial charge on any atom is -0.465 e. The Hall–Kier alpha value is -2.55. The van der Waals surface area contributed by atoms with Crippen molar-refractivity contribution in [1.29, 1.82) is 0 Å². The summed E-state index contributed by atoms with van der Waals surface area (Å²) < 4.78 is 45.2. The van der Waals surface area contributed by atoms with Crippen molar-refractivity contribution < 1.29 is 22.7 Å². The molecule has 10 heteroatoms. The molecule has 150 valence electrons. The first-order chi connectivity index (χ1) is 13.2. The quantitative estimate of drug-likeness (QED) is 0.773. The molecule has 1 N–H and O–H groups in total. The van der Waals surface area contributed by atoms with Crippen LogP contribution in [-0.2, 0) is 28.7 Å². The predicted octanol–water partition coefficient (Wildman–Crippen LogP) is 3.58. The molecule has 1 aliphatic heterocycles. The summed E-state index contributed by atoms with van der Waals surface area (Å²) in [7, 11) is 0. The van der Waals surface area contributed by atoms with Crippen LogP contribution in [0.2, 0.25) is 5.02 Å². The minimum absolute atomic E-state index is 0.00973. The zero-order valence-electron chi connectivity index (χ0n) is 14.8. The average molecular weight is 416 g/mol. The molecule has 3 rings (SSSR count). The van der Waals surface area contributed by atoms with Crippen molar-refractivity contribution in [2.24, 2.45) is 0 Å². The van der Waals surface area contributed by atoms with Gasteiger partial charge in [0.1, 0.15) is 12.2 Å². The SMILES string of the molecule is CCOC(=O)Cn1c(C(F)(F)F)nc2c(c1=O)N[C@H](c1ccc(Cl)cc1)CC2. The lowest BCUT2D eigenvalue weighted by Gasteiger charge is -2.28. The van der Waals surface area contributed by atoms with E-state index < -0.39 is 30.1 Å². The van der Waals surface area contributed by atoms with Crippen molar-refractivity contribution in [3.8, 4) is 0 Å². The fraction of sp³-hybridized carbons (Fsp3) is 0.389. The van der Waals surface area contributed by atoms with Gasteiger partial charge >= 0.3 is 12.1 Å². The Kier molecular flexibility index (Phi) is 5.64. The number of esters is 1. The second kappa shape index (κ2) is 7.83. The lowest BCUT2D eigenvalue weighted by atomic mass is 9.96.